The third-order valence-corrected chi connectivity index (χ3v) is 11.3. The van der Waals surface area contributed by atoms with Crippen molar-refractivity contribution in [2.45, 2.75) is 148 Å². The second-order valence-corrected chi connectivity index (χ2v) is 16.3. The summed E-state index contributed by atoms with van der Waals surface area (Å²) in [6.45, 7) is 13.5. The molecule has 3 aromatic carbocycles. The van der Waals surface area contributed by atoms with Crippen LogP contribution in [0.3, 0.4) is 0 Å². The lowest BCUT2D eigenvalue weighted by molar-refractivity contribution is -0.398. The molecule has 0 aliphatic heterocycles. The Balaban J connectivity index is 0.000000366. The van der Waals surface area contributed by atoms with Gasteiger partial charge in [0.05, 0.1) is 0 Å². The minimum Gasteiger partial charge on any atom is -0.458 e. The van der Waals surface area contributed by atoms with Crippen molar-refractivity contribution in [2.24, 2.45) is 11.8 Å². The molecular formula is C46H56F12O7. The van der Waals surface area contributed by atoms with Gasteiger partial charge in [-0.1, -0.05) is 128 Å². The van der Waals surface area contributed by atoms with Gasteiger partial charge in [0.1, 0.15) is 13.2 Å². The van der Waals surface area contributed by atoms with E-state index in [0.29, 0.717) is 0 Å². The van der Waals surface area contributed by atoms with Crippen LogP contribution in [0.1, 0.15) is 119 Å². The predicted octanol–water partition coefficient (Wildman–Crippen LogP) is 12.8. The van der Waals surface area contributed by atoms with Crippen LogP contribution >= 0.6 is 0 Å². The molecule has 0 amide bonds. The molecule has 5 unspecified atom stereocenters. The average molecular weight is 949 g/mol. The minimum absolute atomic E-state index is 0.196. The van der Waals surface area contributed by atoms with Gasteiger partial charge in [-0.05, 0) is 76.3 Å². The van der Waals surface area contributed by atoms with Crippen molar-refractivity contribution in [3.63, 3.8) is 0 Å². The Labute approximate surface area is 370 Å². The van der Waals surface area contributed by atoms with E-state index in [1.807, 2.05) is 27.7 Å². The highest BCUT2D eigenvalue weighted by atomic mass is 19.4. The molecule has 1 N–H and O–H groups in total. The smallest absolute Gasteiger partial charge is 0.437 e. The zero-order valence-electron chi connectivity index (χ0n) is 37.4. The highest BCUT2D eigenvalue weighted by Gasteiger charge is 2.80. The van der Waals surface area contributed by atoms with Crippen molar-refractivity contribution in [3.05, 3.63) is 106 Å². The van der Waals surface area contributed by atoms with Crippen molar-refractivity contribution in [1.82, 2.24) is 0 Å². The van der Waals surface area contributed by atoms with Crippen LogP contribution in [0.2, 0.25) is 0 Å². The lowest BCUT2D eigenvalue weighted by atomic mass is 9.97. The molecule has 1 aliphatic carbocycles. The molecule has 19 heteroatoms. The van der Waals surface area contributed by atoms with Crippen LogP contribution in [-0.2, 0) is 48.2 Å². The maximum absolute atomic E-state index is 13.6. The second kappa shape index (κ2) is 22.9. The van der Waals surface area contributed by atoms with E-state index in [0.717, 1.165) is 42.9 Å². The van der Waals surface area contributed by atoms with Crippen LogP contribution in [0.5, 0.6) is 0 Å². The van der Waals surface area contributed by atoms with Crippen molar-refractivity contribution < 1.29 is 86.3 Å². The first-order valence-electron chi connectivity index (χ1n) is 20.6. The lowest BCUT2D eigenvalue weighted by Crippen LogP contribution is -2.66. The molecule has 0 heterocycles. The number of esters is 2. The first kappa shape index (κ1) is 56.8. The first-order valence-corrected chi connectivity index (χ1v) is 20.6. The highest BCUT2D eigenvalue weighted by Crippen LogP contribution is 2.48. The molecule has 0 aromatic heterocycles. The number of alkyl halides is 12. The molecule has 4 rings (SSSR count). The summed E-state index contributed by atoms with van der Waals surface area (Å²) in [5.41, 5.74) is -5.31. The topological polar surface area (TPSA) is 91.3 Å². The van der Waals surface area contributed by atoms with Crippen LogP contribution in [0.15, 0.2) is 72.8 Å². The molecule has 0 radical (unpaired) electrons. The van der Waals surface area contributed by atoms with E-state index in [-0.39, 0.29) is 23.0 Å². The van der Waals surface area contributed by atoms with Gasteiger partial charge in [0.15, 0.2) is 6.29 Å². The Morgan fingerprint density at radius 1 is 0.631 bits per heavy atom. The third-order valence-electron chi connectivity index (χ3n) is 11.3. The molecule has 0 fully saturated rings. The van der Waals surface area contributed by atoms with E-state index < -0.39 is 73.3 Å². The van der Waals surface area contributed by atoms with Gasteiger partial charge in [0, 0.05) is 13.0 Å². The summed E-state index contributed by atoms with van der Waals surface area (Å²) < 4.78 is 174. The number of carbonyl (C=O) groups excluding carboxylic acids is 2. The predicted molar refractivity (Wildman–Crippen MR) is 216 cm³/mol. The number of ether oxygens (including phenoxy) is 4. The molecular weight excluding hydrogens is 892 g/mol. The molecule has 1 aliphatic rings. The van der Waals surface area contributed by atoms with Gasteiger partial charge in [0.2, 0.25) is 0 Å². The zero-order valence-corrected chi connectivity index (χ0v) is 37.4. The molecule has 3 aromatic rings. The number of halogens is 12. The quantitative estimate of drug-likeness (QED) is 0.0978. The van der Waals surface area contributed by atoms with E-state index in [1.165, 1.54) is 44.5 Å². The summed E-state index contributed by atoms with van der Waals surface area (Å²) in [6.07, 6.45) is -23.7. The number of hydrogen-bond donors (Lipinski definition) is 1. The van der Waals surface area contributed by atoms with Gasteiger partial charge in [-0.15, -0.1) is 0 Å². The summed E-state index contributed by atoms with van der Waals surface area (Å²) in [5.74, 6) is -4.26. The molecule has 5 atom stereocenters. The number of benzene rings is 3. The Morgan fingerprint density at radius 2 is 1.03 bits per heavy atom. The average Bonchev–Trinajstić information content (AvgIpc) is 3.52. The fourth-order valence-electron chi connectivity index (χ4n) is 6.45. The standard InChI is InChI=1S/C20H26F6O4.C15H16F6O3.C11H14/c1-6-13(4)15-9-7-14(8-10-15)11-29-17(27)18(19(21,22)23,20(24,25)26)30-16(28-5)12(2)3;1-3-9(2)11-6-4-10(5-7-11)8-24-12(22)13(23,14(16,17)18)15(19,20)21;1-8-7-10-5-3-4-6-11(10)9(8)2/h7-10,12-13,16H,6,11H2,1-5H3;4-7,9,23H,3,8H2,1-2H3;3-6,8-9H,7H2,1-2H3. The normalized spacial score (nSPS) is 17.2. The first-order chi connectivity index (χ1) is 29.8. The third kappa shape index (κ3) is 13.8. The molecule has 0 saturated carbocycles. The summed E-state index contributed by atoms with van der Waals surface area (Å²) >= 11 is 0. The number of methoxy groups -OCH3 is 1. The van der Waals surface area contributed by atoms with E-state index in [1.54, 1.807) is 35.4 Å². The van der Waals surface area contributed by atoms with Gasteiger partial charge < -0.3 is 24.1 Å². The molecule has 7 nitrogen and oxygen atoms in total. The maximum Gasteiger partial charge on any atom is 0.437 e. The Kier molecular flexibility index (Phi) is 20.0. The second-order valence-electron chi connectivity index (χ2n) is 16.3. The summed E-state index contributed by atoms with van der Waals surface area (Å²) in [5, 5.41) is 8.86. The molecule has 0 bridgehead atoms. The van der Waals surface area contributed by atoms with Crippen LogP contribution < -0.4 is 0 Å². The van der Waals surface area contributed by atoms with E-state index >= 15 is 0 Å². The number of rotatable bonds is 14. The molecule has 65 heavy (non-hydrogen) atoms. The summed E-state index contributed by atoms with van der Waals surface area (Å²) in [7, 11) is 0.881. The summed E-state index contributed by atoms with van der Waals surface area (Å²) in [4.78, 5) is 23.4. The van der Waals surface area contributed by atoms with Crippen LogP contribution in [-0.4, -0.2) is 66.4 Å². The van der Waals surface area contributed by atoms with Gasteiger partial charge >= 0.3 is 47.8 Å². The van der Waals surface area contributed by atoms with Crippen molar-refractivity contribution >= 4 is 11.9 Å². The fraction of sp³-hybridized carbons (Fsp3) is 0.565. The van der Waals surface area contributed by atoms with E-state index in [4.69, 9.17) is 5.11 Å². The molecule has 0 spiro atoms. The largest absolute Gasteiger partial charge is 0.458 e. The Morgan fingerprint density at radius 3 is 1.37 bits per heavy atom. The SMILES string of the molecule is CC1Cc2ccccc2C1C.CCC(C)c1ccc(COC(=O)C(O)(C(F)(F)F)C(F)(F)F)cc1.CCC(C)c1ccc(COC(=O)C(OC(OC)C(C)C)(C(F)(F)F)C(F)(F)F)cc1. The van der Waals surface area contributed by atoms with Gasteiger partial charge in [-0.3, -0.25) is 0 Å². The van der Waals surface area contributed by atoms with Crippen LogP contribution in [0.25, 0.3) is 0 Å². The van der Waals surface area contributed by atoms with Gasteiger partial charge in [-0.2, -0.15) is 52.7 Å². The van der Waals surface area contributed by atoms with Gasteiger partial charge in [0.25, 0.3) is 0 Å². The summed E-state index contributed by atoms with van der Waals surface area (Å²) in [6, 6.07) is 21.2. The van der Waals surface area contributed by atoms with E-state index in [2.05, 4.69) is 57.1 Å². The van der Waals surface area contributed by atoms with Crippen molar-refractivity contribution in [3.8, 4) is 0 Å². The minimum atomic E-state index is -6.25. The lowest BCUT2D eigenvalue weighted by Gasteiger charge is -2.37. The Bertz CT molecular complexity index is 1910. The molecule has 366 valence electrons. The fourth-order valence-corrected chi connectivity index (χ4v) is 6.45. The number of aliphatic hydroxyl groups is 1. The number of hydrogen-bond acceptors (Lipinski definition) is 7. The van der Waals surface area contributed by atoms with Crippen molar-refractivity contribution in [2.75, 3.05) is 7.11 Å². The van der Waals surface area contributed by atoms with Crippen LogP contribution in [0.4, 0.5) is 52.7 Å². The van der Waals surface area contributed by atoms with E-state index in [9.17, 15) is 62.3 Å². The monoisotopic (exact) mass is 948 g/mol. The zero-order chi connectivity index (χ0) is 49.9. The number of carbonyl (C=O) groups is 2. The highest BCUT2D eigenvalue weighted by molar-refractivity contribution is 5.82. The van der Waals surface area contributed by atoms with Crippen LogP contribution in [0, 0.1) is 11.8 Å². The molecule has 0 saturated heterocycles. The van der Waals surface area contributed by atoms with Gasteiger partial charge in [-0.25, -0.2) is 9.59 Å². The van der Waals surface area contributed by atoms with Crippen molar-refractivity contribution in [1.29, 1.82) is 0 Å². The Hall–Kier alpha value is -4.36. The maximum atomic E-state index is 13.6. The number of fused-ring (bicyclic) bond motifs is 1.